The molecule has 1 aliphatic heterocycles. The van der Waals surface area contributed by atoms with Crippen molar-refractivity contribution in [2.45, 2.75) is 24.3 Å². The van der Waals surface area contributed by atoms with Crippen LogP contribution in [0.4, 0.5) is 10.1 Å². The van der Waals surface area contributed by atoms with Gasteiger partial charge < -0.3 is 14.8 Å². The van der Waals surface area contributed by atoms with E-state index in [0.29, 0.717) is 35.6 Å². The van der Waals surface area contributed by atoms with Crippen LogP contribution in [0.25, 0.3) is 0 Å². The first-order valence-corrected chi connectivity index (χ1v) is 10.6. The van der Waals surface area contributed by atoms with Gasteiger partial charge in [0.25, 0.3) is 5.91 Å². The van der Waals surface area contributed by atoms with Gasteiger partial charge in [-0.05, 0) is 54.8 Å². The summed E-state index contributed by atoms with van der Waals surface area (Å²) in [5, 5.41) is 2.17. The number of rotatable bonds is 6. The number of nitrogens with one attached hydrogen (secondary N) is 1. The molecule has 1 N–H and O–H groups in total. The predicted molar refractivity (Wildman–Crippen MR) is 104 cm³/mol. The Morgan fingerprint density at radius 2 is 2.07 bits per heavy atom. The fraction of sp³-hybridized carbons (Fsp3) is 0.350. The number of hydrogen-bond donors (Lipinski definition) is 1. The van der Waals surface area contributed by atoms with Crippen LogP contribution in [-0.2, 0) is 20.3 Å². The zero-order valence-electron chi connectivity index (χ0n) is 15.7. The third-order valence-electron chi connectivity index (χ3n) is 4.69. The summed E-state index contributed by atoms with van der Waals surface area (Å²) >= 11 is 0. The molecule has 0 unspecified atom stereocenters. The van der Waals surface area contributed by atoms with E-state index in [-0.39, 0.29) is 23.7 Å². The fourth-order valence-electron chi connectivity index (χ4n) is 3.09. The number of amides is 1. The minimum absolute atomic E-state index is 0.180. The largest absolute Gasteiger partial charge is 0.496 e. The van der Waals surface area contributed by atoms with Gasteiger partial charge in [0.1, 0.15) is 11.6 Å². The zero-order valence-corrected chi connectivity index (χ0v) is 16.5. The Balaban J connectivity index is 1.84. The van der Waals surface area contributed by atoms with Crippen molar-refractivity contribution in [2.24, 2.45) is 0 Å². The van der Waals surface area contributed by atoms with Crippen molar-refractivity contribution < 1.29 is 27.1 Å². The number of halogens is 1. The summed E-state index contributed by atoms with van der Waals surface area (Å²) in [7, 11) is -1.95. The monoisotopic (exact) mass is 407 g/mol. The second-order valence-electron chi connectivity index (χ2n) is 6.75. The third kappa shape index (κ3) is 4.51. The lowest BCUT2D eigenvalue weighted by atomic mass is 10.1. The zero-order chi connectivity index (χ0) is 20.3. The maximum Gasteiger partial charge on any atom is 0.259 e. The Morgan fingerprint density at radius 1 is 1.29 bits per heavy atom. The Morgan fingerprint density at radius 3 is 2.71 bits per heavy atom. The molecule has 1 atom stereocenters. The van der Waals surface area contributed by atoms with Crippen LogP contribution in [0.1, 0.15) is 27.9 Å². The Bertz CT molecular complexity index is 984. The predicted octanol–water partition coefficient (Wildman–Crippen LogP) is 3.10. The van der Waals surface area contributed by atoms with E-state index in [1.807, 2.05) is 0 Å². The van der Waals surface area contributed by atoms with Gasteiger partial charge in [-0.1, -0.05) is 6.07 Å². The number of ether oxygens (including phenoxy) is 2. The number of sulfone groups is 1. The average Bonchev–Trinajstić information content (AvgIpc) is 3.20. The molecule has 2 aromatic rings. The van der Waals surface area contributed by atoms with Crippen LogP contribution in [0.5, 0.6) is 5.75 Å². The first kappa shape index (κ1) is 20.3. The van der Waals surface area contributed by atoms with Gasteiger partial charge in [0, 0.05) is 12.3 Å². The summed E-state index contributed by atoms with van der Waals surface area (Å²) in [4.78, 5) is 12.7. The third-order valence-corrected chi connectivity index (χ3v) is 6.81. The highest BCUT2D eigenvalue weighted by Crippen LogP contribution is 2.25. The molecule has 0 aromatic heterocycles. The normalized spacial score (nSPS) is 16.8. The van der Waals surface area contributed by atoms with E-state index in [1.54, 1.807) is 19.1 Å². The molecule has 3 rings (SSSR count). The molecular formula is C20H22FNO5S. The molecule has 0 radical (unpaired) electrons. The number of aryl methyl sites for hydroxylation is 1. The van der Waals surface area contributed by atoms with E-state index < -0.39 is 21.0 Å². The molecule has 1 aliphatic rings. The number of hydrogen-bond acceptors (Lipinski definition) is 5. The maximum atomic E-state index is 13.4. The smallest absolute Gasteiger partial charge is 0.259 e. The highest BCUT2D eigenvalue weighted by atomic mass is 32.2. The molecule has 0 aliphatic carbocycles. The van der Waals surface area contributed by atoms with Crippen LogP contribution in [0.3, 0.4) is 0 Å². The molecule has 0 saturated carbocycles. The lowest BCUT2D eigenvalue weighted by molar-refractivity contribution is 0.102. The maximum absolute atomic E-state index is 13.4. The lowest BCUT2D eigenvalue weighted by Gasteiger charge is -2.13. The van der Waals surface area contributed by atoms with Gasteiger partial charge in [0.2, 0.25) is 0 Å². The first-order chi connectivity index (χ1) is 13.3. The number of carbonyl (C=O) groups excluding carboxylic acids is 1. The lowest BCUT2D eigenvalue weighted by Crippen LogP contribution is -2.23. The summed E-state index contributed by atoms with van der Waals surface area (Å²) in [5.74, 6) is -0.687. The topological polar surface area (TPSA) is 81.7 Å². The fourth-order valence-corrected chi connectivity index (χ4v) is 4.73. The van der Waals surface area contributed by atoms with Crippen LogP contribution < -0.4 is 10.1 Å². The van der Waals surface area contributed by atoms with Gasteiger partial charge in [-0.15, -0.1) is 0 Å². The van der Waals surface area contributed by atoms with E-state index in [1.165, 1.54) is 31.4 Å². The van der Waals surface area contributed by atoms with E-state index >= 15 is 0 Å². The molecule has 0 spiro atoms. The van der Waals surface area contributed by atoms with Crippen LogP contribution >= 0.6 is 0 Å². The number of benzene rings is 2. The summed E-state index contributed by atoms with van der Waals surface area (Å²) in [5.41, 5.74) is 1.54. The van der Waals surface area contributed by atoms with E-state index in [4.69, 9.17) is 9.47 Å². The summed E-state index contributed by atoms with van der Waals surface area (Å²) < 4.78 is 48.9. The standard InChI is InChI=1S/C20H22FNO5S/c1-13-9-15(4-5-18(13)21)22-20(23)17-10-14(3-6-19(17)26-2)12-28(24,25)16-7-8-27-11-16/h3-6,9-10,16H,7-8,11-12H2,1-2H3,(H,22,23)/t16-/m1/s1. The van der Waals surface area contributed by atoms with Crippen molar-refractivity contribution in [1.82, 2.24) is 0 Å². The molecule has 1 heterocycles. The van der Waals surface area contributed by atoms with Crippen molar-refractivity contribution >= 4 is 21.4 Å². The van der Waals surface area contributed by atoms with Gasteiger partial charge in [-0.25, -0.2) is 12.8 Å². The number of carbonyl (C=O) groups is 1. The van der Waals surface area contributed by atoms with Gasteiger partial charge in [0.05, 0.1) is 30.3 Å². The van der Waals surface area contributed by atoms with E-state index in [9.17, 15) is 17.6 Å². The number of anilines is 1. The highest BCUT2D eigenvalue weighted by Gasteiger charge is 2.30. The minimum Gasteiger partial charge on any atom is -0.496 e. The SMILES string of the molecule is COc1ccc(CS(=O)(=O)[C@@H]2CCOC2)cc1C(=O)Nc1ccc(F)c(C)c1. The molecule has 0 bridgehead atoms. The molecular weight excluding hydrogens is 385 g/mol. The van der Waals surface area contributed by atoms with E-state index in [0.717, 1.165) is 0 Å². The van der Waals surface area contributed by atoms with Crippen molar-refractivity contribution in [3.8, 4) is 5.75 Å². The summed E-state index contributed by atoms with van der Waals surface area (Å²) in [6.45, 7) is 2.25. The van der Waals surface area contributed by atoms with E-state index in [2.05, 4.69) is 5.32 Å². The molecule has 1 saturated heterocycles. The number of methoxy groups -OCH3 is 1. The molecule has 8 heteroatoms. The van der Waals surface area contributed by atoms with Gasteiger partial charge in [-0.2, -0.15) is 0 Å². The molecule has 1 fully saturated rings. The van der Waals surface area contributed by atoms with Gasteiger partial charge >= 0.3 is 0 Å². The molecule has 1 amide bonds. The van der Waals surface area contributed by atoms with Crippen LogP contribution in [0.15, 0.2) is 36.4 Å². The second kappa shape index (κ2) is 8.28. The summed E-state index contributed by atoms with van der Waals surface area (Å²) in [6.07, 6.45) is 0.482. The Labute approximate surface area is 163 Å². The van der Waals surface area contributed by atoms with Gasteiger partial charge in [0.15, 0.2) is 9.84 Å². The van der Waals surface area contributed by atoms with Crippen molar-refractivity contribution in [2.75, 3.05) is 25.6 Å². The first-order valence-electron chi connectivity index (χ1n) is 8.84. The average molecular weight is 407 g/mol. The van der Waals surface area contributed by atoms with Gasteiger partial charge in [-0.3, -0.25) is 4.79 Å². The molecule has 2 aromatic carbocycles. The summed E-state index contributed by atoms with van der Waals surface area (Å²) in [6, 6.07) is 8.97. The van der Waals surface area contributed by atoms with Crippen LogP contribution in [-0.4, -0.2) is 39.9 Å². The Kier molecular flexibility index (Phi) is 6.00. The molecule has 150 valence electrons. The minimum atomic E-state index is -3.38. The van der Waals surface area contributed by atoms with Crippen LogP contribution in [0.2, 0.25) is 0 Å². The molecule has 6 nitrogen and oxygen atoms in total. The van der Waals surface area contributed by atoms with Crippen molar-refractivity contribution in [3.05, 3.63) is 58.9 Å². The van der Waals surface area contributed by atoms with Crippen molar-refractivity contribution in [3.63, 3.8) is 0 Å². The second-order valence-corrected chi connectivity index (χ2v) is 9.03. The Hall–Kier alpha value is -2.45. The van der Waals surface area contributed by atoms with Crippen LogP contribution in [0, 0.1) is 12.7 Å². The molecule has 28 heavy (non-hydrogen) atoms. The van der Waals surface area contributed by atoms with Crippen molar-refractivity contribution in [1.29, 1.82) is 0 Å². The highest BCUT2D eigenvalue weighted by molar-refractivity contribution is 7.91. The quantitative estimate of drug-likeness (QED) is 0.796.